The van der Waals surface area contributed by atoms with Crippen molar-refractivity contribution in [2.24, 2.45) is 11.8 Å². The van der Waals surface area contributed by atoms with Gasteiger partial charge in [0.05, 0.1) is 12.2 Å². The van der Waals surface area contributed by atoms with Gasteiger partial charge in [0.25, 0.3) is 0 Å². The predicted octanol–water partition coefficient (Wildman–Crippen LogP) is 3.99. The summed E-state index contributed by atoms with van der Waals surface area (Å²) in [5.41, 5.74) is 0.177. The molecule has 0 aromatic rings. The van der Waals surface area contributed by atoms with Gasteiger partial charge in [0, 0.05) is 12.1 Å². The molecule has 0 heterocycles. The first-order valence-corrected chi connectivity index (χ1v) is 7.68. The fourth-order valence-corrected chi connectivity index (χ4v) is 2.60. The number of ether oxygens (including phenoxy) is 1. The molecule has 0 aliphatic heterocycles. The zero-order valence-corrected chi connectivity index (χ0v) is 13.3. The molecule has 0 aromatic carbocycles. The third kappa shape index (κ3) is 6.19. The molecule has 0 saturated heterocycles. The van der Waals surface area contributed by atoms with Crippen LogP contribution < -0.4 is 5.32 Å². The topological polar surface area (TPSA) is 21.3 Å². The van der Waals surface area contributed by atoms with E-state index in [0.717, 1.165) is 12.5 Å². The first-order chi connectivity index (χ1) is 8.28. The van der Waals surface area contributed by atoms with Crippen LogP contribution in [0.5, 0.6) is 0 Å². The minimum Gasteiger partial charge on any atom is -0.373 e. The average molecular weight is 255 g/mol. The summed E-state index contributed by atoms with van der Waals surface area (Å²) in [5.74, 6) is 1.42. The molecule has 108 valence electrons. The van der Waals surface area contributed by atoms with Crippen molar-refractivity contribution in [3.63, 3.8) is 0 Å². The zero-order valence-electron chi connectivity index (χ0n) is 13.3. The number of rotatable bonds is 5. The van der Waals surface area contributed by atoms with Crippen molar-refractivity contribution < 1.29 is 4.74 Å². The van der Waals surface area contributed by atoms with Crippen molar-refractivity contribution in [3.05, 3.63) is 0 Å². The molecule has 2 heteroatoms. The van der Waals surface area contributed by atoms with E-state index in [1.54, 1.807) is 0 Å². The highest BCUT2D eigenvalue weighted by Crippen LogP contribution is 2.27. The normalized spacial score (nSPS) is 27.5. The van der Waals surface area contributed by atoms with Crippen molar-refractivity contribution >= 4 is 0 Å². The van der Waals surface area contributed by atoms with Gasteiger partial charge in [-0.25, -0.2) is 0 Å². The van der Waals surface area contributed by atoms with Crippen LogP contribution in [0.3, 0.4) is 0 Å². The van der Waals surface area contributed by atoms with E-state index in [1.165, 1.54) is 25.7 Å². The molecule has 1 rings (SSSR count). The SMILES string of the molecule is CC1CCCC(OC(CNC(C)(C)C)C(C)C)C1. The second kappa shape index (κ2) is 6.91. The Kier molecular flexibility index (Phi) is 6.13. The number of hydrogen-bond donors (Lipinski definition) is 1. The van der Waals surface area contributed by atoms with Crippen molar-refractivity contribution in [2.75, 3.05) is 6.54 Å². The Morgan fingerprint density at radius 3 is 2.39 bits per heavy atom. The Morgan fingerprint density at radius 2 is 1.89 bits per heavy atom. The lowest BCUT2D eigenvalue weighted by Crippen LogP contribution is -2.44. The lowest BCUT2D eigenvalue weighted by Gasteiger charge is -2.34. The largest absolute Gasteiger partial charge is 0.373 e. The molecule has 1 saturated carbocycles. The molecule has 0 radical (unpaired) electrons. The van der Waals surface area contributed by atoms with Gasteiger partial charge < -0.3 is 10.1 Å². The Balaban J connectivity index is 2.42. The zero-order chi connectivity index (χ0) is 13.8. The molecule has 0 bridgehead atoms. The molecule has 18 heavy (non-hydrogen) atoms. The molecule has 3 atom stereocenters. The van der Waals surface area contributed by atoms with Crippen LogP contribution in [0, 0.1) is 11.8 Å². The number of hydrogen-bond acceptors (Lipinski definition) is 2. The number of nitrogens with one attached hydrogen (secondary N) is 1. The minimum atomic E-state index is 0.177. The summed E-state index contributed by atoms with van der Waals surface area (Å²) in [6.07, 6.45) is 6.06. The second-order valence-electron chi connectivity index (χ2n) is 7.44. The lowest BCUT2D eigenvalue weighted by molar-refractivity contribution is -0.0589. The van der Waals surface area contributed by atoms with E-state index in [2.05, 4.69) is 46.9 Å². The summed E-state index contributed by atoms with van der Waals surface area (Å²) in [6.45, 7) is 14.5. The van der Waals surface area contributed by atoms with Crippen LogP contribution in [0.25, 0.3) is 0 Å². The van der Waals surface area contributed by atoms with Crippen LogP contribution in [-0.4, -0.2) is 24.3 Å². The highest BCUT2D eigenvalue weighted by atomic mass is 16.5. The van der Waals surface area contributed by atoms with Gasteiger partial charge in [0.2, 0.25) is 0 Å². The van der Waals surface area contributed by atoms with Crippen molar-refractivity contribution in [2.45, 2.75) is 85.0 Å². The second-order valence-corrected chi connectivity index (χ2v) is 7.44. The maximum absolute atomic E-state index is 6.36. The molecule has 3 unspecified atom stereocenters. The van der Waals surface area contributed by atoms with E-state index in [9.17, 15) is 0 Å². The standard InChI is InChI=1S/C16H33NO/c1-12(2)15(11-17-16(4,5)6)18-14-9-7-8-13(3)10-14/h12-15,17H,7-11H2,1-6H3. The summed E-state index contributed by atoms with van der Waals surface area (Å²) >= 11 is 0. The molecule has 0 spiro atoms. The smallest absolute Gasteiger partial charge is 0.0726 e. The van der Waals surface area contributed by atoms with Gasteiger partial charge in [-0.2, -0.15) is 0 Å². The molecule has 1 N–H and O–H groups in total. The molecule has 0 amide bonds. The summed E-state index contributed by atoms with van der Waals surface area (Å²) < 4.78 is 6.36. The Labute approximate surface area is 114 Å². The van der Waals surface area contributed by atoms with Gasteiger partial charge in [-0.05, 0) is 45.4 Å². The van der Waals surface area contributed by atoms with E-state index in [0.29, 0.717) is 18.1 Å². The fourth-order valence-electron chi connectivity index (χ4n) is 2.60. The minimum absolute atomic E-state index is 0.177. The molecule has 2 nitrogen and oxygen atoms in total. The van der Waals surface area contributed by atoms with Crippen LogP contribution in [-0.2, 0) is 4.74 Å². The maximum Gasteiger partial charge on any atom is 0.0726 e. The van der Waals surface area contributed by atoms with E-state index in [-0.39, 0.29) is 5.54 Å². The van der Waals surface area contributed by atoms with Crippen LogP contribution in [0.4, 0.5) is 0 Å². The van der Waals surface area contributed by atoms with E-state index < -0.39 is 0 Å². The lowest BCUT2D eigenvalue weighted by atomic mass is 9.88. The monoisotopic (exact) mass is 255 g/mol. The Bertz CT molecular complexity index is 232. The van der Waals surface area contributed by atoms with Crippen molar-refractivity contribution in [1.29, 1.82) is 0 Å². The highest BCUT2D eigenvalue weighted by molar-refractivity contribution is 4.78. The summed E-state index contributed by atoms with van der Waals surface area (Å²) in [5, 5.41) is 3.58. The molecular weight excluding hydrogens is 222 g/mol. The first-order valence-electron chi connectivity index (χ1n) is 7.68. The third-order valence-electron chi connectivity index (χ3n) is 3.83. The predicted molar refractivity (Wildman–Crippen MR) is 78.9 cm³/mol. The quantitative estimate of drug-likeness (QED) is 0.802. The van der Waals surface area contributed by atoms with Gasteiger partial charge >= 0.3 is 0 Å². The van der Waals surface area contributed by atoms with E-state index >= 15 is 0 Å². The van der Waals surface area contributed by atoms with Crippen LogP contribution in [0.15, 0.2) is 0 Å². The molecule has 0 aromatic heterocycles. The summed E-state index contributed by atoms with van der Waals surface area (Å²) in [4.78, 5) is 0. The summed E-state index contributed by atoms with van der Waals surface area (Å²) in [6, 6.07) is 0. The first kappa shape index (κ1) is 16.0. The van der Waals surface area contributed by atoms with Crippen molar-refractivity contribution in [1.82, 2.24) is 5.32 Å². The van der Waals surface area contributed by atoms with Gasteiger partial charge in [-0.3, -0.25) is 0 Å². The molecule has 1 aliphatic rings. The van der Waals surface area contributed by atoms with Gasteiger partial charge in [-0.1, -0.05) is 33.6 Å². The third-order valence-corrected chi connectivity index (χ3v) is 3.83. The maximum atomic E-state index is 6.36. The van der Waals surface area contributed by atoms with Crippen LogP contribution in [0.1, 0.15) is 67.2 Å². The van der Waals surface area contributed by atoms with Gasteiger partial charge in [-0.15, -0.1) is 0 Å². The highest BCUT2D eigenvalue weighted by Gasteiger charge is 2.25. The van der Waals surface area contributed by atoms with Crippen LogP contribution >= 0.6 is 0 Å². The van der Waals surface area contributed by atoms with Crippen molar-refractivity contribution in [3.8, 4) is 0 Å². The van der Waals surface area contributed by atoms with Gasteiger partial charge in [0.15, 0.2) is 0 Å². The van der Waals surface area contributed by atoms with Gasteiger partial charge in [0.1, 0.15) is 0 Å². The van der Waals surface area contributed by atoms with E-state index in [4.69, 9.17) is 4.74 Å². The molecular formula is C16H33NO. The van der Waals surface area contributed by atoms with E-state index in [1.807, 2.05) is 0 Å². The average Bonchev–Trinajstić information content (AvgIpc) is 2.22. The Hall–Kier alpha value is -0.0800. The Morgan fingerprint density at radius 1 is 1.22 bits per heavy atom. The summed E-state index contributed by atoms with van der Waals surface area (Å²) in [7, 11) is 0. The van der Waals surface area contributed by atoms with Crippen LogP contribution in [0.2, 0.25) is 0 Å². The molecule has 1 aliphatic carbocycles. The fraction of sp³-hybridized carbons (Fsp3) is 1.00. The molecule has 1 fully saturated rings.